The first-order chi connectivity index (χ1) is 11.7. The second kappa shape index (κ2) is 7.99. The van der Waals surface area contributed by atoms with Crippen LogP contribution >= 0.6 is 0 Å². The Morgan fingerprint density at radius 3 is 2.67 bits per heavy atom. The minimum absolute atomic E-state index is 0.163. The molecule has 1 aromatic carbocycles. The number of nitrogens with zero attached hydrogens (tertiary/aromatic N) is 2. The monoisotopic (exact) mass is 331 g/mol. The van der Waals surface area contributed by atoms with Gasteiger partial charge in [0.15, 0.2) is 0 Å². The number of ether oxygens (including phenoxy) is 1. The summed E-state index contributed by atoms with van der Waals surface area (Å²) in [6.07, 6.45) is 3.27. The summed E-state index contributed by atoms with van der Waals surface area (Å²) in [6, 6.07) is 8.15. The van der Waals surface area contributed by atoms with E-state index in [4.69, 9.17) is 10.5 Å². The lowest BCUT2D eigenvalue weighted by atomic mass is 9.94. The SMILES string of the molecule is COc1ccccc1CN1CCN(C(=O)[C@@H]2CCC[C@@H]2CN)CC1. The Morgan fingerprint density at radius 1 is 1.21 bits per heavy atom. The van der Waals surface area contributed by atoms with Crippen LogP contribution in [-0.2, 0) is 11.3 Å². The lowest BCUT2D eigenvalue weighted by Crippen LogP contribution is -2.50. The van der Waals surface area contributed by atoms with Gasteiger partial charge in [0.2, 0.25) is 5.91 Å². The molecule has 24 heavy (non-hydrogen) atoms. The number of methoxy groups -OCH3 is 1. The molecule has 1 heterocycles. The Bertz CT molecular complexity index is 555. The minimum atomic E-state index is 0.163. The van der Waals surface area contributed by atoms with Crippen molar-refractivity contribution in [1.29, 1.82) is 0 Å². The van der Waals surface area contributed by atoms with Gasteiger partial charge in [0.05, 0.1) is 7.11 Å². The largest absolute Gasteiger partial charge is 0.496 e. The van der Waals surface area contributed by atoms with Crippen LogP contribution < -0.4 is 10.5 Å². The van der Waals surface area contributed by atoms with Crippen molar-refractivity contribution in [3.8, 4) is 5.75 Å². The average Bonchev–Trinajstić information content (AvgIpc) is 3.11. The number of carbonyl (C=O) groups is 1. The topological polar surface area (TPSA) is 58.8 Å². The van der Waals surface area contributed by atoms with E-state index in [1.807, 2.05) is 18.2 Å². The lowest BCUT2D eigenvalue weighted by molar-refractivity contribution is -0.138. The van der Waals surface area contributed by atoms with Gasteiger partial charge in [-0.3, -0.25) is 9.69 Å². The van der Waals surface area contributed by atoms with Crippen LogP contribution in [-0.4, -0.2) is 55.5 Å². The fourth-order valence-electron chi connectivity index (χ4n) is 4.08. The van der Waals surface area contributed by atoms with Crippen molar-refractivity contribution in [2.24, 2.45) is 17.6 Å². The Balaban J connectivity index is 1.53. The summed E-state index contributed by atoms with van der Waals surface area (Å²) in [6.45, 7) is 5.00. The van der Waals surface area contributed by atoms with Crippen molar-refractivity contribution < 1.29 is 9.53 Å². The van der Waals surface area contributed by atoms with Crippen LogP contribution in [0.15, 0.2) is 24.3 Å². The highest BCUT2D eigenvalue weighted by molar-refractivity contribution is 5.79. The molecule has 0 bridgehead atoms. The number of hydrogen-bond donors (Lipinski definition) is 1. The second-order valence-electron chi connectivity index (χ2n) is 6.95. The van der Waals surface area contributed by atoms with E-state index in [9.17, 15) is 4.79 Å². The van der Waals surface area contributed by atoms with Crippen molar-refractivity contribution in [2.45, 2.75) is 25.8 Å². The third kappa shape index (κ3) is 3.73. The summed E-state index contributed by atoms with van der Waals surface area (Å²) in [5.41, 5.74) is 7.04. The van der Waals surface area contributed by atoms with Gasteiger partial charge in [0.25, 0.3) is 0 Å². The number of para-hydroxylation sites is 1. The van der Waals surface area contributed by atoms with Crippen LogP contribution in [0.5, 0.6) is 5.75 Å². The molecule has 1 aliphatic heterocycles. The molecule has 1 amide bonds. The first-order valence-corrected chi connectivity index (χ1v) is 9.06. The Morgan fingerprint density at radius 2 is 1.96 bits per heavy atom. The number of nitrogens with two attached hydrogens (primary N) is 1. The molecular formula is C19H29N3O2. The number of carbonyl (C=O) groups excluding carboxylic acids is 1. The fourth-order valence-corrected chi connectivity index (χ4v) is 4.08. The minimum Gasteiger partial charge on any atom is -0.496 e. The maximum Gasteiger partial charge on any atom is 0.226 e. The van der Waals surface area contributed by atoms with Gasteiger partial charge >= 0.3 is 0 Å². The predicted octanol–water partition coefficient (Wildman–Crippen LogP) is 1.71. The zero-order valence-corrected chi connectivity index (χ0v) is 14.6. The van der Waals surface area contributed by atoms with E-state index in [1.165, 1.54) is 5.56 Å². The molecule has 2 aliphatic rings. The van der Waals surface area contributed by atoms with Gasteiger partial charge in [-0.15, -0.1) is 0 Å². The molecule has 0 aromatic heterocycles. The Labute approximate surface area is 144 Å². The molecule has 1 aromatic rings. The summed E-state index contributed by atoms with van der Waals surface area (Å²) in [4.78, 5) is 17.2. The third-order valence-electron chi connectivity index (χ3n) is 5.55. The van der Waals surface area contributed by atoms with E-state index < -0.39 is 0 Å². The number of rotatable bonds is 5. The van der Waals surface area contributed by atoms with E-state index in [0.29, 0.717) is 18.4 Å². The molecule has 0 unspecified atom stereocenters. The number of hydrogen-bond acceptors (Lipinski definition) is 4. The fraction of sp³-hybridized carbons (Fsp3) is 0.632. The maximum absolute atomic E-state index is 12.8. The van der Waals surface area contributed by atoms with Gasteiger partial charge in [-0.25, -0.2) is 0 Å². The molecule has 2 fully saturated rings. The van der Waals surface area contributed by atoms with Gasteiger partial charge in [-0.2, -0.15) is 0 Å². The molecule has 132 valence electrons. The molecule has 0 radical (unpaired) electrons. The lowest BCUT2D eigenvalue weighted by Gasteiger charge is -2.37. The van der Waals surface area contributed by atoms with Gasteiger partial charge in [0.1, 0.15) is 5.75 Å². The van der Waals surface area contributed by atoms with E-state index in [0.717, 1.165) is 57.7 Å². The molecular weight excluding hydrogens is 302 g/mol. The van der Waals surface area contributed by atoms with Crippen LogP contribution in [0.4, 0.5) is 0 Å². The first-order valence-electron chi connectivity index (χ1n) is 9.06. The average molecular weight is 331 g/mol. The van der Waals surface area contributed by atoms with Gasteiger partial charge in [-0.1, -0.05) is 24.6 Å². The van der Waals surface area contributed by atoms with E-state index >= 15 is 0 Å². The normalized spacial score (nSPS) is 25.0. The molecule has 3 rings (SSSR count). The van der Waals surface area contributed by atoms with Crippen LogP contribution in [0.2, 0.25) is 0 Å². The van der Waals surface area contributed by atoms with Crippen molar-refractivity contribution in [3.05, 3.63) is 29.8 Å². The number of piperazine rings is 1. The molecule has 0 spiro atoms. The van der Waals surface area contributed by atoms with E-state index in [1.54, 1.807) is 7.11 Å². The molecule has 2 N–H and O–H groups in total. The quantitative estimate of drug-likeness (QED) is 0.892. The summed E-state index contributed by atoms with van der Waals surface area (Å²) >= 11 is 0. The Hall–Kier alpha value is -1.59. The highest BCUT2D eigenvalue weighted by atomic mass is 16.5. The van der Waals surface area contributed by atoms with Crippen molar-refractivity contribution >= 4 is 5.91 Å². The standard InChI is InChI=1S/C19H29N3O2/c1-24-18-8-3-2-5-16(18)14-21-9-11-22(12-10-21)19(23)17-7-4-6-15(17)13-20/h2-3,5,8,15,17H,4,6-7,9-14,20H2,1H3/t15-,17-/m1/s1. The van der Waals surface area contributed by atoms with Crippen molar-refractivity contribution in [1.82, 2.24) is 9.80 Å². The van der Waals surface area contributed by atoms with Gasteiger partial charge < -0.3 is 15.4 Å². The highest BCUT2D eigenvalue weighted by Crippen LogP contribution is 2.32. The zero-order chi connectivity index (χ0) is 16.9. The van der Waals surface area contributed by atoms with Crippen molar-refractivity contribution in [3.63, 3.8) is 0 Å². The molecule has 2 atom stereocenters. The summed E-state index contributed by atoms with van der Waals surface area (Å²) in [7, 11) is 1.71. The number of amides is 1. The molecule has 1 saturated carbocycles. The van der Waals surface area contributed by atoms with Crippen LogP contribution in [0.25, 0.3) is 0 Å². The third-order valence-corrected chi connectivity index (χ3v) is 5.55. The second-order valence-corrected chi connectivity index (χ2v) is 6.95. The number of benzene rings is 1. The molecule has 5 nitrogen and oxygen atoms in total. The predicted molar refractivity (Wildman–Crippen MR) is 94.7 cm³/mol. The van der Waals surface area contributed by atoms with E-state index in [-0.39, 0.29) is 5.92 Å². The first kappa shape index (κ1) is 17.2. The molecule has 5 heteroatoms. The zero-order valence-electron chi connectivity index (χ0n) is 14.6. The van der Waals surface area contributed by atoms with Gasteiger partial charge in [0, 0.05) is 44.2 Å². The highest BCUT2D eigenvalue weighted by Gasteiger charge is 2.35. The van der Waals surface area contributed by atoms with Crippen LogP contribution in [0, 0.1) is 11.8 Å². The smallest absolute Gasteiger partial charge is 0.226 e. The summed E-state index contributed by atoms with van der Waals surface area (Å²) in [5.74, 6) is 1.83. The van der Waals surface area contributed by atoms with Gasteiger partial charge in [-0.05, 0) is 31.4 Å². The Kier molecular flexibility index (Phi) is 5.74. The summed E-state index contributed by atoms with van der Waals surface area (Å²) < 4.78 is 5.43. The van der Waals surface area contributed by atoms with Crippen molar-refractivity contribution in [2.75, 3.05) is 39.8 Å². The van der Waals surface area contributed by atoms with Crippen LogP contribution in [0.1, 0.15) is 24.8 Å². The summed E-state index contributed by atoms with van der Waals surface area (Å²) in [5, 5.41) is 0. The van der Waals surface area contributed by atoms with E-state index in [2.05, 4.69) is 15.9 Å². The maximum atomic E-state index is 12.8. The van der Waals surface area contributed by atoms with Crippen LogP contribution in [0.3, 0.4) is 0 Å². The molecule has 1 aliphatic carbocycles. The molecule has 1 saturated heterocycles.